The Morgan fingerprint density at radius 1 is 1.07 bits per heavy atom. The number of anilines is 1. The van der Waals surface area contributed by atoms with Crippen molar-refractivity contribution in [2.45, 2.75) is 18.9 Å². The van der Waals surface area contributed by atoms with Gasteiger partial charge in [-0.1, -0.05) is 54.2 Å². The molecule has 4 aromatic rings. The van der Waals surface area contributed by atoms with E-state index in [-0.39, 0.29) is 17.4 Å². The van der Waals surface area contributed by atoms with Crippen LogP contribution in [0.4, 0.5) is 5.69 Å². The van der Waals surface area contributed by atoms with Crippen molar-refractivity contribution in [1.82, 2.24) is 15.2 Å². The number of aromatic nitrogens is 3. The van der Waals surface area contributed by atoms with Gasteiger partial charge in [0.25, 0.3) is 0 Å². The summed E-state index contributed by atoms with van der Waals surface area (Å²) in [6.45, 7) is 3.44. The molecule has 0 unspecified atom stereocenters. The zero-order valence-electron chi connectivity index (χ0n) is 16.4. The van der Waals surface area contributed by atoms with Gasteiger partial charge >= 0.3 is 0 Å². The van der Waals surface area contributed by atoms with Crippen molar-refractivity contribution < 1.29 is 9.59 Å². The van der Waals surface area contributed by atoms with Crippen molar-refractivity contribution in [2.24, 2.45) is 0 Å². The number of thiazole rings is 1. The van der Waals surface area contributed by atoms with Gasteiger partial charge in [-0.2, -0.15) is 0 Å². The standard InChI is InChI=1S/C22H18N4O2S2/c1-13(27)16-9-6-10-17(11-16)24-18(28)12-29-22-20-21(30-14(2)23-20)19(25-26-22)15-7-4-3-5-8-15/h3-11H,12H2,1-2H3,(H,24,28). The maximum atomic E-state index is 12.4. The molecule has 0 aliphatic carbocycles. The minimum absolute atomic E-state index is 0.0458. The van der Waals surface area contributed by atoms with Crippen LogP contribution in [-0.4, -0.2) is 32.6 Å². The summed E-state index contributed by atoms with van der Waals surface area (Å²) >= 11 is 2.87. The Hall–Kier alpha value is -3.10. The van der Waals surface area contributed by atoms with Gasteiger partial charge in [-0.05, 0) is 26.0 Å². The van der Waals surface area contributed by atoms with Crippen LogP contribution in [0.5, 0.6) is 0 Å². The summed E-state index contributed by atoms with van der Waals surface area (Å²) in [5, 5.41) is 13.1. The van der Waals surface area contributed by atoms with Gasteiger partial charge in [0.15, 0.2) is 5.78 Å². The normalized spacial score (nSPS) is 10.9. The van der Waals surface area contributed by atoms with E-state index in [4.69, 9.17) is 0 Å². The van der Waals surface area contributed by atoms with Gasteiger partial charge in [-0.15, -0.1) is 21.5 Å². The highest BCUT2D eigenvalue weighted by molar-refractivity contribution is 8.00. The fraction of sp³-hybridized carbons (Fsp3) is 0.136. The lowest BCUT2D eigenvalue weighted by Gasteiger charge is -2.07. The molecule has 2 aromatic heterocycles. The van der Waals surface area contributed by atoms with Crippen LogP contribution < -0.4 is 5.32 Å². The number of amides is 1. The molecule has 0 bridgehead atoms. The number of hydrogen-bond acceptors (Lipinski definition) is 7. The van der Waals surface area contributed by atoms with Crippen molar-refractivity contribution in [3.05, 3.63) is 65.2 Å². The van der Waals surface area contributed by atoms with Crippen LogP contribution in [0.25, 0.3) is 21.5 Å². The second-order valence-corrected chi connectivity index (χ2v) is 8.77. The summed E-state index contributed by atoms with van der Waals surface area (Å²) in [4.78, 5) is 28.5. The van der Waals surface area contributed by atoms with Crippen LogP contribution in [0.3, 0.4) is 0 Å². The van der Waals surface area contributed by atoms with E-state index in [0.29, 0.717) is 16.3 Å². The molecule has 30 heavy (non-hydrogen) atoms. The summed E-state index contributed by atoms with van der Waals surface area (Å²) in [6.07, 6.45) is 0. The minimum Gasteiger partial charge on any atom is -0.325 e. The number of ketones is 1. The van der Waals surface area contributed by atoms with Crippen LogP contribution in [0.1, 0.15) is 22.3 Å². The molecule has 0 saturated carbocycles. The number of aryl methyl sites for hydroxylation is 1. The quantitative estimate of drug-likeness (QED) is 0.340. The number of carbonyl (C=O) groups is 2. The second kappa shape index (κ2) is 8.73. The van der Waals surface area contributed by atoms with E-state index in [0.717, 1.165) is 26.5 Å². The average molecular weight is 435 g/mol. The first-order chi connectivity index (χ1) is 14.5. The van der Waals surface area contributed by atoms with Crippen LogP contribution >= 0.6 is 23.1 Å². The highest BCUT2D eigenvalue weighted by Crippen LogP contribution is 2.35. The fourth-order valence-corrected chi connectivity index (χ4v) is 4.66. The van der Waals surface area contributed by atoms with Crippen LogP contribution in [-0.2, 0) is 4.79 Å². The second-order valence-electron chi connectivity index (χ2n) is 6.60. The molecule has 2 aromatic carbocycles. The maximum absolute atomic E-state index is 12.4. The largest absolute Gasteiger partial charge is 0.325 e. The number of carbonyl (C=O) groups excluding carboxylic acids is 2. The van der Waals surface area contributed by atoms with E-state index in [1.165, 1.54) is 18.7 Å². The van der Waals surface area contributed by atoms with E-state index in [2.05, 4.69) is 20.5 Å². The van der Waals surface area contributed by atoms with Gasteiger partial charge in [0.05, 0.1) is 15.5 Å². The van der Waals surface area contributed by atoms with Gasteiger partial charge in [0.1, 0.15) is 16.2 Å². The van der Waals surface area contributed by atoms with Crippen LogP contribution in [0.2, 0.25) is 0 Å². The summed E-state index contributed by atoms with van der Waals surface area (Å²) in [5.41, 5.74) is 3.70. The monoisotopic (exact) mass is 434 g/mol. The Morgan fingerprint density at radius 3 is 2.63 bits per heavy atom. The van der Waals surface area contributed by atoms with Gasteiger partial charge < -0.3 is 5.32 Å². The van der Waals surface area contributed by atoms with E-state index < -0.39 is 0 Å². The first-order valence-electron chi connectivity index (χ1n) is 9.24. The number of rotatable bonds is 6. The Balaban J connectivity index is 1.53. The first kappa shape index (κ1) is 20.2. The number of Topliss-reactive ketones (excluding diaryl/α,β-unsaturated/α-hetero) is 1. The number of thioether (sulfide) groups is 1. The third-order valence-corrected chi connectivity index (χ3v) is 6.27. The first-order valence-corrected chi connectivity index (χ1v) is 11.0. The third kappa shape index (κ3) is 4.39. The van der Waals surface area contributed by atoms with E-state index >= 15 is 0 Å². The summed E-state index contributed by atoms with van der Waals surface area (Å²) in [6, 6.07) is 16.8. The molecule has 2 heterocycles. The Labute approximate surface area is 181 Å². The van der Waals surface area contributed by atoms with Gasteiger partial charge in [0.2, 0.25) is 5.91 Å². The fourth-order valence-electron chi connectivity index (χ4n) is 2.95. The van der Waals surface area contributed by atoms with E-state index in [1.54, 1.807) is 35.6 Å². The topological polar surface area (TPSA) is 84.8 Å². The number of hydrogen-bond donors (Lipinski definition) is 1. The zero-order valence-corrected chi connectivity index (χ0v) is 18.0. The zero-order chi connectivity index (χ0) is 21.1. The number of benzene rings is 2. The van der Waals surface area contributed by atoms with Gasteiger partial charge in [0, 0.05) is 16.8 Å². The van der Waals surface area contributed by atoms with Crippen LogP contribution in [0, 0.1) is 6.92 Å². The lowest BCUT2D eigenvalue weighted by atomic mass is 10.1. The lowest BCUT2D eigenvalue weighted by Crippen LogP contribution is -2.14. The SMILES string of the molecule is CC(=O)c1cccc(NC(=O)CSc2nnc(-c3ccccc3)c3sc(C)nc23)c1. The molecule has 8 heteroatoms. The number of nitrogens with one attached hydrogen (secondary N) is 1. The summed E-state index contributed by atoms with van der Waals surface area (Å²) in [5.74, 6) is -0.0692. The van der Waals surface area contributed by atoms with Gasteiger partial charge in [-0.3, -0.25) is 9.59 Å². The molecule has 0 saturated heterocycles. The molecular formula is C22H18N4O2S2. The third-order valence-electron chi connectivity index (χ3n) is 4.33. The molecule has 0 fully saturated rings. The molecule has 1 amide bonds. The minimum atomic E-state index is -0.185. The molecule has 4 rings (SSSR count). The van der Waals surface area contributed by atoms with Crippen molar-refractivity contribution >= 4 is 50.7 Å². The molecule has 0 atom stereocenters. The lowest BCUT2D eigenvalue weighted by molar-refractivity contribution is -0.113. The molecule has 6 nitrogen and oxygen atoms in total. The predicted molar refractivity (Wildman–Crippen MR) is 121 cm³/mol. The molecule has 0 aliphatic heterocycles. The molecular weight excluding hydrogens is 416 g/mol. The van der Waals surface area contributed by atoms with Crippen LogP contribution in [0.15, 0.2) is 59.6 Å². The number of fused-ring (bicyclic) bond motifs is 1. The summed E-state index contributed by atoms with van der Waals surface area (Å²) in [7, 11) is 0. The van der Waals surface area contributed by atoms with E-state index in [1.807, 2.05) is 37.3 Å². The van der Waals surface area contributed by atoms with Crippen molar-refractivity contribution in [1.29, 1.82) is 0 Å². The number of nitrogens with zero attached hydrogens (tertiary/aromatic N) is 3. The van der Waals surface area contributed by atoms with Crippen molar-refractivity contribution in [2.75, 3.05) is 11.1 Å². The molecule has 0 aliphatic rings. The Kier molecular flexibility index (Phi) is 5.87. The molecule has 0 radical (unpaired) electrons. The molecule has 0 spiro atoms. The highest BCUT2D eigenvalue weighted by Gasteiger charge is 2.17. The van der Waals surface area contributed by atoms with E-state index in [9.17, 15) is 9.59 Å². The highest BCUT2D eigenvalue weighted by atomic mass is 32.2. The van der Waals surface area contributed by atoms with Crippen molar-refractivity contribution in [3.8, 4) is 11.3 Å². The smallest absolute Gasteiger partial charge is 0.234 e. The average Bonchev–Trinajstić information content (AvgIpc) is 3.14. The predicted octanol–water partition coefficient (Wildman–Crippen LogP) is 5.00. The Morgan fingerprint density at radius 2 is 1.87 bits per heavy atom. The maximum Gasteiger partial charge on any atom is 0.234 e. The molecule has 150 valence electrons. The Bertz CT molecular complexity index is 1240. The molecule has 1 N–H and O–H groups in total. The van der Waals surface area contributed by atoms with Crippen molar-refractivity contribution in [3.63, 3.8) is 0 Å². The van der Waals surface area contributed by atoms with Gasteiger partial charge in [-0.25, -0.2) is 4.98 Å². The summed E-state index contributed by atoms with van der Waals surface area (Å²) < 4.78 is 0.964.